The molecule has 2 aromatic rings. The molecule has 0 saturated heterocycles. The maximum absolute atomic E-state index is 13.8. The minimum atomic E-state index is -0.636. The van der Waals surface area contributed by atoms with Gasteiger partial charge in [0.1, 0.15) is 11.5 Å². The summed E-state index contributed by atoms with van der Waals surface area (Å²) in [6.45, 7) is 6.72. The molecule has 0 spiro atoms. The van der Waals surface area contributed by atoms with Gasteiger partial charge in [0.05, 0.1) is 38.3 Å². The zero-order valence-electron chi connectivity index (χ0n) is 19.8. The molecule has 8 heteroatoms. The summed E-state index contributed by atoms with van der Waals surface area (Å²) in [7, 11) is 4.53. The molecule has 1 amide bonds. The van der Waals surface area contributed by atoms with Gasteiger partial charge in [-0.15, -0.1) is 11.8 Å². The number of nitrogens with zero attached hydrogens (tertiary/aromatic N) is 1. The third kappa shape index (κ3) is 5.76. The molecule has 0 radical (unpaired) electrons. The van der Waals surface area contributed by atoms with Gasteiger partial charge in [0, 0.05) is 28.9 Å². The largest absolute Gasteiger partial charge is 0.497 e. The highest BCUT2D eigenvalue weighted by molar-refractivity contribution is 8.01. The van der Waals surface area contributed by atoms with E-state index in [0.717, 1.165) is 16.8 Å². The number of amides is 1. The minimum Gasteiger partial charge on any atom is -0.497 e. The van der Waals surface area contributed by atoms with Gasteiger partial charge in [-0.05, 0) is 35.2 Å². The van der Waals surface area contributed by atoms with Crippen LogP contribution in [0, 0.1) is 5.41 Å². The smallest absolute Gasteiger partial charge is 0.307 e. The molecule has 3 rings (SSSR count). The summed E-state index contributed by atoms with van der Waals surface area (Å²) in [6.07, 6.45) is -0.0304. The molecule has 1 aliphatic rings. The number of rotatable bonds is 6. The molecule has 6 nitrogen and oxygen atoms in total. The fraction of sp³-hybridized carbons (Fsp3) is 0.440. The second-order valence-corrected chi connectivity index (χ2v) is 10.8. The average Bonchev–Trinajstić information content (AvgIpc) is 2.87. The van der Waals surface area contributed by atoms with Crippen molar-refractivity contribution in [1.29, 1.82) is 0 Å². The number of hydrogen-bond donors (Lipinski definition) is 0. The van der Waals surface area contributed by atoms with E-state index in [1.165, 1.54) is 18.9 Å². The molecule has 0 fully saturated rings. The minimum absolute atomic E-state index is 0.0304. The van der Waals surface area contributed by atoms with Crippen molar-refractivity contribution in [3.63, 3.8) is 0 Å². The van der Waals surface area contributed by atoms with Crippen LogP contribution < -0.4 is 14.4 Å². The Balaban J connectivity index is 2.23. The molecular weight excluding hydrogens is 462 g/mol. The van der Waals surface area contributed by atoms with Gasteiger partial charge in [0.25, 0.3) is 0 Å². The van der Waals surface area contributed by atoms with E-state index in [9.17, 15) is 9.59 Å². The molecule has 0 aromatic heterocycles. The lowest BCUT2D eigenvalue weighted by Gasteiger charge is -2.31. The van der Waals surface area contributed by atoms with Crippen LogP contribution in [0.1, 0.15) is 43.6 Å². The Bertz CT molecular complexity index is 1040. The van der Waals surface area contributed by atoms with Crippen LogP contribution in [0.15, 0.2) is 36.4 Å². The molecule has 178 valence electrons. The normalized spacial score (nSPS) is 18.4. The number of fused-ring (bicyclic) bond motifs is 1. The number of carbonyl (C=O) groups is 2. The Kier molecular flexibility index (Phi) is 7.85. The molecule has 0 N–H and O–H groups in total. The van der Waals surface area contributed by atoms with Crippen molar-refractivity contribution in [3.8, 4) is 11.5 Å². The molecule has 2 atom stereocenters. The summed E-state index contributed by atoms with van der Waals surface area (Å²) < 4.78 is 15.9. The standard InChI is InChI=1S/C25H30ClNO5S/c1-25(2,3)14-27-19-10-7-15(26)11-18(19)23(33-21(24(27)29)13-22(28)32-6)17-9-8-16(30-4)12-20(17)31-5/h7-12,21,23H,13-14H2,1-6H3/t21-,23-/m0/s1. The lowest BCUT2D eigenvalue weighted by Crippen LogP contribution is -2.42. The highest BCUT2D eigenvalue weighted by Crippen LogP contribution is 2.50. The highest BCUT2D eigenvalue weighted by atomic mass is 35.5. The van der Waals surface area contributed by atoms with Gasteiger partial charge in [0.15, 0.2) is 0 Å². The van der Waals surface area contributed by atoms with Gasteiger partial charge < -0.3 is 19.1 Å². The number of carbonyl (C=O) groups excluding carboxylic acids is 2. The molecule has 0 unspecified atom stereocenters. The highest BCUT2D eigenvalue weighted by Gasteiger charge is 2.39. The quantitative estimate of drug-likeness (QED) is 0.497. The lowest BCUT2D eigenvalue weighted by molar-refractivity contribution is -0.141. The molecule has 2 aromatic carbocycles. The van der Waals surface area contributed by atoms with Gasteiger partial charge in [0.2, 0.25) is 5.91 Å². The van der Waals surface area contributed by atoms with E-state index in [1.54, 1.807) is 25.2 Å². The zero-order chi connectivity index (χ0) is 24.3. The summed E-state index contributed by atoms with van der Waals surface area (Å²) in [5, 5.41) is -0.368. The van der Waals surface area contributed by atoms with Gasteiger partial charge >= 0.3 is 5.97 Å². The number of hydrogen-bond acceptors (Lipinski definition) is 6. The van der Waals surface area contributed by atoms with Gasteiger partial charge in [-0.2, -0.15) is 0 Å². The van der Waals surface area contributed by atoms with E-state index >= 15 is 0 Å². The Hall–Kier alpha value is -2.38. The van der Waals surface area contributed by atoms with Gasteiger partial charge in [-0.25, -0.2) is 0 Å². The number of halogens is 1. The first-order valence-corrected chi connectivity index (χ1v) is 11.9. The Morgan fingerprint density at radius 1 is 1.06 bits per heavy atom. The number of methoxy groups -OCH3 is 3. The van der Waals surface area contributed by atoms with Crippen LogP contribution in [0.4, 0.5) is 5.69 Å². The van der Waals surface area contributed by atoms with Crippen molar-refractivity contribution >= 4 is 40.9 Å². The van der Waals surface area contributed by atoms with Crippen molar-refractivity contribution < 1.29 is 23.8 Å². The summed E-state index contributed by atoms with van der Waals surface area (Å²) in [5.41, 5.74) is 2.38. The van der Waals surface area contributed by atoms with Gasteiger partial charge in [-0.1, -0.05) is 38.4 Å². The molecule has 1 aliphatic heterocycles. The van der Waals surface area contributed by atoms with Crippen LogP contribution in [0.25, 0.3) is 0 Å². The van der Waals surface area contributed by atoms with Crippen LogP contribution in [-0.2, 0) is 14.3 Å². The Morgan fingerprint density at radius 2 is 1.79 bits per heavy atom. The van der Waals surface area contributed by atoms with Crippen molar-refractivity contribution in [3.05, 3.63) is 52.5 Å². The fourth-order valence-electron chi connectivity index (χ4n) is 3.85. The monoisotopic (exact) mass is 491 g/mol. The van der Waals surface area contributed by atoms with E-state index in [-0.39, 0.29) is 23.0 Å². The molecular formula is C25H30ClNO5S. The summed E-state index contributed by atoms with van der Waals surface area (Å²) >= 11 is 7.84. The maximum atomic E-state index is 13.8. The van der Waals surface area contributed by atoms with Crippen LogP contribution in [-0.4, -0.2) is 45.0 Å². The number of thioether (sulfide) groups is 1. The van der Waals surface area contributed by atoms with Gasteiger partial charge in [-0.3, -0.25) is 9.59 Å². The van der Waals surface area contributed by atoms with E-state index in [1.807, 2.05) is 30.3 Å². The second kappa shape index (κ2) is 10.3. The van der Waals surface area contributed by atoms with Crippen LogP contribution in [0.3, 0.4) is 0 Å². The van der Waals surface area contributed by atoms with E-state index in [2.05, 4.69) is 20.8 Å². The number of ether oxygens (including phenoxy) is 3. The van der Waals surface area contributed by atoms with Crippen molar-refractivity contribution in [2.45, 2.75) is 37.7 Å². The SMILES string of the molecule is COC(=O)C[C@@H]1S[C@@H](c2ccc(OC)cc2OC)c2cc(Cl)ccc2N(CC(C)(C)C)C1=O. The topological polar surface area (TPSA) is 65.1 Å². The first-order chi connectivity index (χ1) is 15.6. The number of anilines is 1. The van der Waals surface area contributed by atoms with Crippen LogP contribution in [0.2, 0.25) is 5.02 Å². The lowest BCUT2D eigenvalue weighted by atomic mass is 9.94. The van der Waals surface area contributed by atoms with Crippen molar-refractivity contribution in [2.75, 3.05) is 32.8 Å². The second-order valence-electron chi connectivity index (χ2n) is 9.08. The van der Waals surface area contributed by atoms with Crippen molar-refractivity contribution in [1.82, 2.24) is 0 Å². The molecule has 0 saturated carbocycles. The Morgan fingerprint density at radius 3 is 2.39 bits per heavy atom. The predicted octanol–water partition coefficient (Wildman–Crippen LogP) is 5.50. The van der Waals surface area contributed by atoms with E-state index < -0.39 is 11.2 Å². The fourth-order valence-corrected chi connectivity index (χ4v) is 5.51. The van der Waals surface area contributed by atoms with E-state index in [0.29, 0.717) is 23.1 Å². The zero-order valence-corrected chi connectivity index (χ0v) is 21.4. The van der Waals surface area contributed by atoms with Crippen LogP contribution in [0.5, 0.6) is 11.5 Å². The van der Waals surface area contributed by atoms with Crippen molar-refractivity contribution in [2.24, 2.45) is 5.41 Å². The maximum Gasteiger partial charge on any atom is 0.307 e. The number of benzene rings is 2. The summed E-state index contributed by atoms with van der Waals surface area (Å²) in [6, 6.07) is 11.2. The number of esters is 1. The van der Waals surface area contributed by atoms with Crippen LogP contribution >= 0.6 is 23.4 Å². The Labute approximate surface area is 204 Å². The third-order valence-electron chi connectivity index (χ3n) is 5.34. The van der Waals surface area contributed by atoms with E-state index in [4.69, 9.17) is 25.8 Å². The molecule has 0 bridgehead atoms. The third-order valence-corrected chi connectivity index (χ3v) is 7.05. The summed E-state index contributed by atoms with van der Waals surface area (Å²) in [4.78, 5) is 27.8. The summed E-state index contributed by atoms with van der Waals surface area (Å²) in [5.74, 6) is 0.739. The average molecular weight is 492 g/mol. The molecule has 0 aliphatic carbocycles. The first-order valence-electron chi connectivity index (χ1n) is 10.6. The first kappa shape index (κ1) is 25.2. The predicted molar refractivity (Wildman–Crippen MR) is 133 cm³/mol. The molecule has 33 heavy (non-hydrogen) atoms. The molecule has 1 heterocycles.